The summed E-state index contributed by atoms with van der Waals surface area (Å²) in [4.78, 5) is 21.5. The predicted octanol–water partition coefficient (Wildman–Crippen LogP) is 2.27. The third kappa shape index (κ3) is 2.82. The van der Waals surface area contributed by atoms with Crippen LogP contribution >= 0.6 is 0 Å². The smallest absolute Gasteiger partial charge is 0.338 e. The van der Waals surface area contributed by atoms with Crippen molar-refractivity contribution in [1.29, 1.82) is 0 Å². The SMILES string of the molecule is COC(=O)c1ccccc1C1N=C(N)Nc2nc3cc4c(cc3n21)OCCCO4. The van der Waals surface area contributed by atoms with E-state index in [2.05, 4.69) is 15.3 Å². The predicted molar refractivity (Wildman–Crippen MR) is 107 cm³/mol. The quantitative estimate of drug-likeness (QED) is 0.642. The molecule has 0 fully saturated rings. The molecule has 5 rings (SSSR count). The van der Waals surface area contributed by atoms with Crippen molar-refractivity contribution in [3.05, 3.63) is 47.5 Å². The van der Waals surface area contributed by atoms with E-state index in [0.29, 0.717) is 47.3 Å². The maximum Gasteiger partial charge on any atom is 0.338 e. The summed E-state index contributed by atoms with van der Waals surface area (Å²) >= 11 is 0. The molecule has 29 heavy (non-hydrogen) atoms. The number of nitrogens with one attached hydrogen (secondary N) is 1. The third-order valence-electron chi connectivity index (χ3n) is 4.95. The van der Waals surface area contributed by atoms with Gasteiger partial charge in [0.25, 0.3) is 0 Å². The van der Waals surface area contributed by atoms with Crippen LogP contribution in [0, 0.1) is 0 Å². The highest BCUT2D eigenvalue weighted by Crippen LogP contribution is 2.39. The first-order chi connectivity index (χ1) is 14.2. The molecule has 2 aliphatic heterocycles. The van der Waals surface area contributed by atoms with E-state index in [1.54, 1.807) is 12.1 Å². The second kappa shape index (κ2) is 6.69. The number of guanidine groups is 1. The average molecular weight is 393 g/mol. The van der Waals surface area contributed by atoms with Gasteiger partial charge in [0.15, 0.2) is 23.6 Å². The molecule has 9 heteroatoms. The van der Waals surface area contributed by atoms with Crippen LogP contribution in [0.4, 0.5) is 5.95 Å². The van der Waals surface area contributed by atoms with Gasteiger partial charge in [0.1, 0.15) is 0 Å². The fourth-order valence-corrected chi connectivity index (χ4v) is 3.65. The van der Waals surface area contributed by atoms with Gasteiger partial charge in [-0.25, -0.2) is 14.8 Å². The minimum Gasteiger partial charge on any atom is -0.489 e. The fourth-order valence-electron chi connectivity index (χ4n) is 3.65. The molecule has 1 unspecified atom stereocenters. The zero-order chi connectivity index (χ0) is 20.0. The van der Waals surface area contributed by atoms with Gasteiger partial charge in [-0.3, -0.25) is 9.88 Å². The molecule has 1 atom stereocenters. The molecular weight excluding hydrogens is 374 g/mol. The molecule has 3 aromatic rings. The number of carbonyl (C=O) groups is 1. The van der Waals surface area contributed by atoms with E-state index in [4.69, 9.17) is 19.9 Å². The minimum atomic E-state index is -0.587. The Labute approximate surface area is 166 Å². The third-order valence-corrected chi connectivity index (χ3v) is 4.95. The van der Waals surface area contributed by atoms with Crippen LogP contribution in [0.25, 0.3) is 11.0 Å². The number of aromatic nitrogens is 2. The lowest BCUT2D eigenvalue weighted by Crippen LogP contribution is -2.32. The Balaban J connectivity index is 1.72. The van der Waals surface area contributed by atoms with E-state index in [9.17, 15) is 4.79 Å². The van der Waals surface area contributed by atoms with Crippen molar-refractivity contribution in [3.63, 3.8) is 0 Å². The Morgan fingerprint density at radius 3 is 2.79 bits per heavy atom. The van der Waals surface area contributed by atoms with E-state index < -0.39 is 12.1 Å². The topological polar surface area (TPSA) is 113 Å². The van der Waals surface area contributed by atoms with E-state index in [1.165, 1.54) is 7.11 Å². The zero-order valence-corrected chi connectivity index (χ0v) is 15.7. The van der Waals surface area contributed by atoms with Crippen molar-refractivity contribution in [1.82, 2.24) is 9.55 Å². The van der Waals surface area contributed by atoms with Crippen LogP contribution in [0.15, 0.2) is 41.4 Å². The lowest BCUT2D eigenvalue weighted by Gasteiger charge is -2.25. The van der Waals surface area contributed by atoms with Gasteiger partial charge in [0.05, 0.1) is 36.9 Å². The van der Waals surface area contributed by atoms with Gasteiger partial charge in [-0.1, -0.05) is 18.2 Å². The van der Waals surface area contributed by atoms with Gasteiger partial charge in [-0.15, -0.1) is 0 Å². The molecule has 0 saturated heterocycles. The van der Waals surface area contributed by atoms with E-state index in [-0.39, 0.29) is 5.96 Å². The number of imidazole rings is 1. The number of nitrogens with two attached hydrogens (primary N) is 1. The summed E-state index contributed by atoms with van der Waals surface area (Å²) < 4.78 is 18.4. The zero-order valence-electron chi connectivity index (χ0n) is 15.7. The van der Waals surface area contributed by atoms with Crippen LogP contribution in [0.3, 0.4) is 0 Å². The molecule has 2 aromatic carbocycles. The Bertz CT molecular complexity index is 1150. The van der Waals surface area contributed by atoms with Crippen LogP contribution < -0.4 is 20.5 Å². The number of rotatable bonds is 2. The second-order valence-electron chi connectivity index (χ2n) is 6.74. The Kier molecular flexibility index (Phi) is 4.01. The molecule has 2 aliphatic rings. The van der Waals surface area contributed by atoms with Crippen LogP contribution in [-0.4, -0.2) is 41.8 Å². The highest BCUT2D eigenvalue weighted by Gasteiger charge is 2.29. The summed E-state index contributed by atoms with van der Waals surface area (Å²) in [5, 5.41) is 3.00. The summed E-state index contributed by atoms with van der Waals surface area (Å²) in [6.07, 6.45) is 0.228. The Morgan fingerprint density at radius 2 is 2.00 bits per heavy atom. The summed E-state index contributed by atoms with van der Waals surface area (Å²) in [7, 11) is 1.35. The molecule has 9 nitrogen and oxygen atoms in total. The van der Waals surface area contributed by atoms with Crippen LogP contribution in [0.5, 0.6) is 11.5 Å². The molecule has 0 aliphatic carbocycles. The summed E-state index contributed by atoms with van der Waals surface area (Å²) in [5.74, 6) is 1.61. The molecule has 3 heterocycles. The van der Waals surface area contributed by atoms with Gasteiger partial charge in [0, 0.05) is 24.1 Å². The van der Waals surface area contributed by atoms with Gasteiger partial charge in [0.2, 0.25) is 5.95 Å². The van der Waals surface area contributed by atoms with Gasteiger partial charge in [-0.05, 0) is 6.07 Å². The number of hydrogen-bond acceptors (Lipinski definition) is 8. The lowest BCUT2D eigenvalue weighted by molar-refractivity contribution is 0.0598. The van der Waals surface area contributed by atoms with Crippen molar-refractivity contribution < 1.29 is 19.0 Å². The van der Waals surface area contributed by atoms with E-state index in [1.807, 2.05) is 28.8 Å². The van der Waals surface area contributed by atoms with Crippen molar-refractivity contribution in [3.8, 4) is 11.5 Å². The standard InChI is InChI=1S/C20H19N5O4/c1-27-18(26)12-6-3-2-5-11(12)17-23-19(21)24-20-22-13-9-15-16(10-14(13)25(17)20)29-8-4-7-28-15/h2-3,5-6,9-10,17H,4,7-8H2,1H3,(H3,21,22,23,24). The van der Waals surface area contributed by atoms with Crippen molar-refractivity contribution in [2.24, 2.45) is 10.7 Å². The number of nitrogens with zero attached hydrogens (tertiary/aromatic N) is 3. The molecule has 1 aromatic heterocycles. The fraction of sp³-hybridized carbons (Fsp3) is 0.250. The second-order valence-corrected chi connectivity index (χ2v) is 6.74. The average Bonchev–Trinajstić information content (AvgIpc) is 2.92. The number of aliphatic imine (C=N–C) groups is 1. The number of hydrogen-bond donors (Lipinski definition) is 2. The highest BCUT2D eigenvalue weighted by atomic mass is 16.5. The first-order valence-electron chi connectivity index (χ1n) is 9.25. The number of carbonyl (C=O) groups excluding carboxylic acids is 1. The van der Waals surface area contributed by atoms with Crippen molar-refractivity contribution in [2.75, 3.05) is 25.6 Å². The van der Waals surface area contributed by atoms with Crippen molar-refractivity contribution >= 4 is 28.9 Å². The van der Waals surface area contributed by atoms with E-state index in [0.717, 1.165) is 11.9 Å². The summed E-state index contributed by atoms with van der Waals surface area (Å²) in [6.45, 7) is 1.17. The number of anilines is 1. The highest BCUT2D eigenvalue weighted by molar-refractivity contribution is 5.96. The maximum atomic E-state index is 12.3. The number of methoxy groups -OCH3 is 1. The summed E-state index contributed by atoms with van der Waals surface area (Å²) in [6, 6.07) is 10.9. The molecule has 0 amide bonds. The molecule has 0 radical (unpaired) electrons. The molecule has 0 bridgehead atoms. The number of fused-ring (bicyclic) bond motifs is 4. The molecule has 3 N–H and O–H groups in total. The first kappa shape index (κ1) is 17.4. The minimum absolute atomic E-state index is 0.214. The van der Waals surface area contributed by atoms with Crippen molar-refractivity contribution in [2.45, 2.75) is 12.6 Å². The largest absolute Gasteiger partial charge is 0.489 e. The molecular formula is C20H19N5O4. The normalized spacial score (nSPS) is 17.7. The monoisotopic (exact) mass is 393 g/mol. The van der Waals surface area contributed by atoms with Crippen LogP contribution in [-0.2, 0) is 4.74 Å². The Morgan fingerprint density at radius 1 is 1.24 bits per heavy atom. The summed E-state index contributed by atoms with van der Waals surface area (Å²) in [5.41, 5.74) is 8.60. The molecule has 0 saturated carbocycles. The molecule has 0 spiro atoms. The number of esters is 1. The first-order valence-corrected chi connectivity index (χ1v) is 9.25. The van der Waals surface area contributed by atoms with Gasteiger partial charge in [-0.2, -0.15) is 0 Å². The van der Waals surface area contributed by atoms with Gasteiger partial charge >= 0.3 is 5.97 Å². The van der Waals surface area contributed by atoms with Gasteiger partial charge < -0.3 is 19.9 Å². The van der Waals surface area contributed by atoms with E-state index >= 15 is 0 Å². The number of benzene rings is 2. The van der Waals surface area contributed by atoms with Crippen LogP contribution in [0.1, 0.15) is 28.5 Å². The maximum absolute atomic E-state index is 12.3. The van der Waals surface area contributed by atoms with Crippen LogP contribution in [0.2, 0.25) is 0 Å². The Hall–Kier alpha value is -3.75. The molecule has 148 valence electrons. The number of ether oxygens (including phenoxy) is 3. The lowest BCUT2D eigenvalue weighted by atomic mass is 10.0.